The molecule has 4 aromatic rings. The summed E-state index contributed by atoms with van der Waals surface area (Å²) in [7, 11) is 0. The van der Waals surface area contributed by atoms with Gasteiger partial charge in [-0.3, -0.25) is 9.36 Å². The first-order chi connectivity index (χ1) is 12.6. The molecule has 1 radical (unpaired) electrons. The van der Waals surface area contributed by atoms with E-state index >= 15 is 0 Å². The van der Waals surface area contributed by atoms with E-state index in [2.05, 4.69) is 38.8 Å². The SMILES string of the molecule is CC(=O)/C=C(/C)O.[Ir].c1ccc(-n2c3ccccc3c3cccnc32)nc1. The Balaban J connectivity index is 0.000000285. The van der Waals surface area contributed by atoms with Crippen LogP contribution in [0.25, 0.3) is 27.8 Å². The standard InChI is InChI=1S/C16H11N3.C5H8O2.Ir/c1-2-8-14-12(6-1)13-7-5-11-18-16(13)19(14)15-9-3-4-10-17-15;1-4(6)3-5(2)7;/h1-11H;3,6H,1-2H3;/b;4-3-;. The van der Waals surface area contributed by atoms with Gasteiger partial charge in [-0.1, -0.05) is 24.3 Å². The first kappa shape index (κ1) is 20.5. The summed E-state index contributed by atoms with van der Waals surface area (Å²) in [6.07, 6.45) is 4.79. The molecule has 3 aromatic heterocycles. The van der Waals surface area contributed by atoms with Crippen LogP contribution >= 0.6 is 0 Å². The number of aliphatic hydroxyl groups is 1. The quantitative estimate of drug-likeness (QED) is 0.300. The normalized spacial score (nSPS) is 10.8. The molecule has 5 nitrogen and oxygen atoms in total. The summed E-state index contributed by atoms with van der Waals surface area (Å²) in [5.41, 5.74) is 2.08. The minimum Gasteiger partial charge on any atom is -0.512 e. The molecule has 0 unspecified atom stereocenters. The Morgan fingerprint density at radius 1 is 0.926 bits per heavy atom. The van der Waals surface area contributed by atoms with Crippen LogP contribution in [0.1, 0.15) is 13.8 Å². The van der Waals surface area contributed by atoms with Crippen molar-refractivity contribution in [1.29, 1.82) is 0 Å². The number of para-hydroxylation sites is 1. The molecule has 0 aliphatic rings. The molecule has 3 heterocycles. The number of ketones is 1. The summed E-state index contributed by atoms with van der Waals surface area (Å²) in [6.45, 7) is 2.85. The van der Waals surface area contributed by atoms with Crippen molar-refractivity contribution in [2.45, 2.75) is 13.8 Å². The summed E-state index contributed by atoms with van der Waals surface area (Å²) in [5, 5.41) is 10.7. The van der Waals surface area contributed by atoms with Crippen molar-refractivity contribution in [3.05, 3.63) is 78.8 Å². The summed E-state index contributed by atoms with van der Waals surface area (Å²) in [5.74, 6) is 0.833. The molecule has 4 rings (SSSR count). The van der Waals surface area contributed by atoms with E-state index in [1.54, 1.807) is 6.20 Å². The van der Waals surface area contributed by atoms with Crippen LogP contribution in [-0.4, -0.2) is 25.4 Å². The van der Waals surface area contributed by atoms with E-state index in [4.69, 9.17) is 5.11 Å². The fourth-order valence-corrected chi connectivity index (χ4v) is 2.81. The third-order valence-corrected chi connectivity index (χ3v) is 3.72. The van der Waals surface area contributed by atoms with Crippen LogP contribution < -0.4 is 0 Å². The number of nitrogens with zero attached hydrogens (tertiary/aromatic N) is 3. The van der Waals surface area contributed by atoms with Crippen molar-refractivity contribution in [3.63, 3.8) is 0 Å². The monoisotopic (exact) mass is 538 g/mol. The molecule has 139 valence electrons. The molecule has 0 aliphatic carbocycles. The fraction of sp³-hybridized carbons (Fsp3) is 0.0952. The molecule has 0 saturated heterocycles. The Bertz CT molecular complexity index is 1030. The number of allylic oxidation sites excluding steroid dienone is 2. The molecular weight excluding hydrogens is 518 g/mol. The van der Waals surface area contributed by atoms with Gasteiger partial charge in [0, 0.05) is 49.3 Å². The van der Waals surface area contributed by atoms with Gasteiger partial charge in [0.2, 0.25) is 0 Å². The molecule has 6 heteroatoms. The maximum Gasteiger partial charge on any atom is 0.155 e. The van der Waals surface area contributed by atoms with Crippen LogP contribution in [0.2, 0.25) is 0 Å². The number of rotatable bonds is 2. The van der Waals surface area contributed by atoms with Crippen LogP contribution in [0.5, 0.6) is 0 Å². The topological polar surface area (TPSA) is 68.0 Å². The van der Waals surface area contributed by atoms with Gasteiger partial charge in [0.15, 0.2) is 5.78 Å². The summed E-state index contributed by atoms with van der Waals surface area (Å²) >= 11 is 0. The minimum atomic E-state index is -0.125. The van der Waals surface area contributed by atoms with Crippen molar-refractivity contribution in [3.8, 4) is 5.82 Å². The molecule has 27 heavy (non-hydrogen) atoms. The van der Waals surface area contributed by atoms with E-state index in [1.165, 1.54) is 25.3 Å². The number of aromatic nitrogens is 3. The molecule has 0 saturated carbocycles. The number of hydrogen-bond donors (Lipinski definition) is 1. The van der Waals surface area contributed by atoms with Crippen molar-refractivity contribution in [1.82, 2.24) is 14.5 Å². The van der Waals surface area contributed by atoms with Gasteiger partial charge in [0.05, 0.1) is 11.3 Å². The van der Waals surface area contributed by atoms with Gasteiger partial charge in [0.1, 0.15) is 11.5 Å². The van der Waals surface area contributed by atoms with Gasteiger partial charge >= 0.3 is 0 Å². The number of carbonyl (C=O) groups is 1. The average Bonchev–Trinajstić information content (AvgIpc) is 2.96. The average molecular weight is 538 g/mol. The third kappa shape index (κ3) is 4.67. The third-order valence-electron chi connectivity index (χ3n) is 3.72. The smallest absolute Gasteiger partial charge is 0.155 e. The largest absolute Gasteiger partial charge is 0.512 e. The molecule has 1 N–H and O–H groups in total. The van der Waals surface area contributed by atoms with E-state index in [9.17, 15) is 4.79 Å². The maximum atomic E-state index is 10.0. The van der Waals surface area contributed by atoms with Crippen molar-refractivity contribution < 1.29 is 30.0 Å². The van der Waals surface area contributed by atoms with E-state index in [0.29, 0.717) is 0 Å². The van der Waals surface area contributed by atoms with Gasteiger partial charge in [0.25, 0.3) is 0 Å². The Kier molecular flexibility index (Phi) is 6.99. The van der Waals surface area contributed by atoms with Gasteiger partial charge < -0.3 is 5.11 Å². The zero-order chi connectivity index (χ0) is 18.5. The molecule has 0 spiro atoms. The summed E-state index contributed by atoms with van der Waals surface area (Å²) in [6, 6.07) is 18.3. The first-order valence-electron chi connectivity index (χ1n) is 8.21. The second-order valence-electron chi connectivity index (χ2n) is 5.81. The van der Waals surface area contributed by atoms with Crippen LogP contribution in [-0.2, 0) is 24.9 Å². The Labute approximate surface area is 170 Å². The molecule has 0 aliphatic heterocycles. The van der Waals surface area contributed by atoms with E-state index < -0.39 is 0 Å². The molecular formula is C21H19IrN3O2. The molecule has 0 bridgehead atoms. The second kappa shape index (κ2) is 9.21. The van der Waals surface area contributed by atoms with Crippen molar-refractivity contribution in [2.75, 3.05) is 0 Å². The van der Waals surface area contributed by atoms with Gasteiger partial charge in [-0.2, -0.15) is 0 Å². The van der Waals surface area contributed by atoms with Crippen molar-refractivity contribution in [2.24, 2.45) is 0 Å². The zero-order valence-electron chi connectivity index (χ0n) is 15.0. The van der Waals surface area contributed by atoms with Gasteiger partial charge in [-0.25, -0.2) is 9.97 Å². The van der Waals surface area contributed by atoms with Crippen LogP contribution in [0.15, 0.2) is 78.8 Å². The van der Waals surface area contributed by atoms with Crippen LogP contribution in [0.4, 0.5) is 0 Å². The van der Waals surface area contributed by atoms with Gasteiger partial charge in [-0.15, -0.1) is 0 Å². The number of pyridine rings is 2. The van der Waals surface area contributed by atoms with Crippen LogP contribution in [0.3, 0.4) is 0 Å². The minimum absolute atomic E-state index is 0. The Hall–Kier alpha value is -2.82. The molecule has 1 aromatic carbocycles. The summed E-state index contributed by atoms with van der Waals surface area (Å²) < 4.78 is 2.10. The number of carbonyl (C=O) groups excluding carboxylic acids is 1. The fourth-order valence-electron chi connectivity index (χ4n) is 2.81. The van der Waals surface area contributed by atoms with Crippen LogP contribution in [0, 0.1) is 0 Å². The Morgan fingerprint density at radius 3 is 2.22 bits per heavy atom. The number of hydrogen-bond acceptors (Lipinski definition) is 4. The van der Waals surface area contributed by atoms with Gasteiger partial charge in [-0.05, 0) is 44.2 Å². The second-order valence-corrected chi connectivity index (χ2v) is 5.81. The predicted molar refractivity (Wildman–Crippen MR) is 103 cm³/mol. The summed E-state index contributed by atoms with van der Waals surface area (Å²) in [4.78, 5) is 19.0. The number of fused-ring (bicyclic) bond motifs is 3. The first-order valence-corrected chi connectivity index (χ1v) is 8.21. The van der Waals surface area contributed by atoms with E-state index in [-0.39, 0.29) is 31.6 Å². The van der Waals surface area contributed by atoms with Crippen molar-refractivity contribution >= 4 is 27.7 Å². The molecule has 0 amide bonds. The number of benzene rings is 1. The Morgan fingerprint density at radius 2 is 1.59 bits per heavy atom. The molecule has 0 atom stereocenters. The van der Waals surface area contributed by atoms with E-state index in [1.807, 2.05) is 36.5 Å². The number of aliphatic hydroxyl groups excluding tert-OH is 1. The zero-order valence-corrected chi connectivity index (χ0v) is 17.4. The molecule has 0 fully saturated rings. The van der Waals surface area contributed by atoms with E-state index in [0.717, 1.165) is 22.4 Å². The predicted octanol–water partition coefficient (Wildman–Crippen LogP) is 4.61. The maximum absolute atomic E-state index is 10.0.